The van der Waals surface area contributed by atoms with E-state index in [2.05, 4.69) is 14.7 Å². The summed E-state index contributed by atoms with van der Waals surface area (Å²) in [6.45, 7) is 5.69. The van der Waals surface area contributed by atoms with Gasteiger partial charge in [0.1, 0.15) is 0 Å². The molecule has 0 unspecified atom stereocenters. The van der Waals surface area contributed by atoms with Crippen LogP contribution in [0.15, 0.2) is 46.4 Å². The van der Waals surface area contributed by atoms with Gasteiger partial charge in [-0.3, -0.25) is 4.72 Å². The van der Waals surface area contributed by atoms with Gasteiger partial charge >= 0.3 is 0 Å². The first-order chi connectivity index (χ1) is 10.3. The highest BCUT2D eigenvalue weighted by Gasteiger charge is 2.16. The Morgan fingerprint density at radius 2 is 1.59 bits per heavy atom. The fourth-order valence-electron chi connectivity index (χ4n) is 2.28. The molecule has 0 aliphatic heterocycles. The van der Waals surface area contributed by atoms with E-state index in [1.807, 2.05) is 32.9 Å². The van der Waals surface area contributed by atoms with Crippen molar-refractivity contribution in [3.8, 4) is 0 Å². The van der Waals surface area contributed by atoms with Crippen LogP contribution in [0, 0.1) is 20.8 Å². The second kappa shape index (κ2) is 6.09. The topological polar surface area (TPSA) is 94.9 Å². The number of anilines is 1. The molecule has 0 saturated carbocycles. The number of nitrogens with one attached hydrogen (secondary N) is 1. The molecule has 6 nitrogen and oxygen atoms in total. The molecule has 0 fully saturated rings. The quantitative estimate of drug-likeness (QED) is 0.515. The van der Waals surface area contributed by atoms with Gasteiger partial charge in [-0.15, -0.1) is 0 Å². The van der Waals surface area contributed by atoms with Crippen LogP contribution >= 0.6 is 0 Å². The van der Waals surface area contributed by atoms with E-state index in [0.717, 1.165) is 16.7 Å². The largest absolute Gasteiger partial charge is 0.279 e. The van der Waals surface area contributed by atoms with Crippen molar-refractivity contribution in [2.45, 2.75) is 25.7 Å². The van der Waals surface area contributed by atoms with Gasteiger partial charge < -0.3 is 0 Å². The van der Waals surface area contributed by atoms with Crippen molar-refractivity contribution in [3.63, 3.8) is 0 Å². The molecule has 2 rings (SSSR count). The Bertz CT molecular complexity index is 829. The van der Waals surface area contributed by atoms with Crippen LogP contribution in [-0.4, -0.2) is 8.42 Å². The molecule has 0 amide bonds. The number of nitrogens with zero attached hydrogens (tertiary/aromatic N) is 3. The van der Waals surface area contributed by atoms with Crippen LogP contribution in [0.1, 0.15) is 16.7 Å². The van der Waals surface area contributed by atoms with Gasteiger partial charge in [-0.25, -0.2) is 8.42 Å². The summed E-state index contributed by atoms with van der Waals surface area (Å²) in [5.41, 5.74) is 12.1. The number of azide groups is 1. The van der Waals surface area contributed by atoms with Crippen LogP contribution in [0.2, 0.25) is 0 Å². The van der Waals surface area contributed by atoms with Gasteiger partial charge in [-0.05, 0) is 49.6 Å². The Morgan fingerprint density at radius 3 is 2.09 bits per heavy atom. The van der Waals surface area contributed by atoms with E-state index in [-0.39, 0.29) is 4.90 Å². The molecule has 1 N–H and O–H groups in total. The first-order valence-corrected chi connectivity index (χ1v) is 8.07. The van der Waals surface area contributed by atoms with Crippen molar-refractivity contribution in [2.24, 2.45) is 5.11 Å². The van der Waals surface area contributed by atoms with Crippen molar-refractivity contribution >= 4 is 21.4 Å². The molecule has 0 saturated heterocycles. The molecule has 0 aliphatic rings. The van der Waals surface area contributed by atoms with Gasteiger partial charge in [0, 0.05) is 10.6 Å². The maximum Gasteiger partial charge on any atom is 0.261 e. The molecule has 0 heterocycles. The fourth-order valence-corrected chi connectivity index (χ4v) is 3.48. The number of hydrogen-bond donors (Lipinski definition) is 1. The predicted octanol–water partition coefficient (Wildman–Crippen LogP) is 4.35. The van der Waals surface area contributed by atoms with E-state index in [4.69, 9.17) is 5.53 Å². The minimum atomic E-state index is -3.69. The smallest absolute Gasteiger partial charge is 0.261 e. The molecular formula is C15H16N4O2S. The van der Waals surface area contributed by atoms with Gasteiger partial charge in [0.2, 0.25) is 0 Å². The van der Waals surface area contributed by atoms with Crippen molar-refractivity contribution in [3.05, 3.63) is 63.5 Å². The first-order valence-electron chi connectivity index (χ1n) is 6.59. The van der Waals surface area contributed by atoms with Crippen LogP contribution < -0.4 is 4.72 Å². The zero-order chi connectivity index (χ0) is 16.3. The van der Waals surface area contributed by atoms with E-state index in [1.165, 1.54) is 24.3 Å². The Balaban J connectivity index is 2.38. The Kier molecular flexibility index (Phi) is 4.40. The lowest BCUT2D eigenvalue weighted by molar-refractivity contribution is 0.601. The lowest BCUT2D eigenvalue weighted by Gasteiger charge is -2.14. The summed E-state index contributed by atoms with van der Waals surface area (Å²) in [5.74, 6) is 0. The van der Waals surface area contributed by atoms with E-state index in [1.54, 1.807) is 0 Å². The highest BCUT2D eigenvalue weighted by Crippen LogP contribution is 2.25. The molecule has 0 radical (unpaired) electrons. The Hall–Kier alpha value is -2.50. The summed E-state index contributed by atoms with van der Waals surface area (Å²) in [4.78, 5) is 2.77. The predicted molar refractivity (Wildman–Crippen MR) is 86.7 cm³/mol. The minimum absolute atomic E-state index is 0.115. The molecule has 22 heavy (non-hydrogen) atoms. The molecule has 0 aromatic heterocycles. The normalized spacial score (nSPS) is 10.9. The third kappa shape index (κ3) is 3.39. The zero-order valence-corrected chi connectivity index (χ0v) is 13.3. The van der Waals surface area contributed by atoms with Crippen LogP contribution in [0.5, 0.6) is 0 Å². The minimum Gasteiger partial charge on any atom is -0.279 e. The van der Waals surface area contributed by atoms with Gasteiger partial charge in [-0.1, -0.05) is 34.9 Å². The number of hydrogen-bond acceptors (Lipinski definition) is 3. The van der Waals surface area contributed by atoms with Crippen molar-refractivity contribution in [2.75, 3.05) is 4.72 Å². The van der Waals surface area contributed by atoms with E-state index in [9.17, 15) is 8.42 Å². The van der Waals surface area contributed by atoms with Crippen LogP contribution in [-0.2, 0) is 10.0 Å². The fraction of sp³-hybridized carbons (Fsp3) is 0.200. The van der Waals surface area contributed by atoms with Crippen molar-refractivity contribution < 1.29 is 8.42 Å². The summed E-state index contributed by atoms with van der Waals surface area (Å²) in [6.07, 6.45) is 0. The third-order valence-electron chi connectivity index (χ3n) is 3.22. The average Bonchev–Trinajstić information content (AvgIpc) is 2.44. The van der Waals surface area contributed by atoms with Gasteiger partial charge in [-0.2, -0.15) is 0 Å². The summed E-state index contributed by atoms with van der Waals surface area (Å²) in [7, 11) is -3.69. The number of sulfonamides is 1. The van der Waals surface area contributed by atoms with E-state index >= 15 is 0 Å². The Morgan fingerprint density at radius 1 is 1.05 bits per heavy atom. The lowest BCUT2D eigenvalue weighted by atomic mass is 10.1. The summed E-state index contributed by atoms with van der Waals surface area (Å²) in [5, 5.41) is 3.42. The second-order valence-electron chi connectivity index (χ2n) is 5.06. The van der Waals surface area contributed by atoms with Crippen molar-refractivity contribution in [1.82, 2.24) is 0 Å². The maximum absolute atomic E-state index is 12.4. The van der Waals surface area contributed by atoms with Gasteiger partial charge in [0.15, 0.2) is 0 Å². The molecular weight excluding hydrogens is 300 g/mol. The molecule has 7 heteroatoms. The van der Waals surface area contributed by atoms with Crippen LogP contribution in [0.4, 0.5) is 11.4 Å². The highest BCUT2D eigenvalue weighted by molar-refractivity contribution is 7.92. The van der Waals surface area contributed by atoms with Gasteiger partial charge in [0.05, 0.1) is 10.6 Å². The second-order valence-corrected chi connectivity index (χ2v) is 6.74. The molecule has 114 valence electrons. The highest BCUT2D eigenvalue weighted by atomic mass is 32.2. The molecule has 0 bridgehead atoms. The summed E-state index contributed by atoms with van der Waals surface area (Å²) in [6, 6.07) is 9.59. The summed E-state index contributed by atoms with van der Waals surface area (Å²) < 4.78 is 27.5. The zero-order valence-electron chi connectivity index (χ0n) is 12.5. The number of benzene rings is 2. The lowest BCUT2D eigenvalue weighted by Crippen LogP contribution is -2.14. The van der Waals surface area contributed by atoms with Gasteiger partial charge in [0.25, 0.3) is 10.0 Å². The standard InChI is InChI=1S/C15H16N4O2S/c1-10-8-11(2)15(12(3)9-10)18-22(20,21)14-6-4-13(5-7-14)17-19-16/h4-9,18H,1-3H3. The molecule has 0 spiro atoms. The van der Waals surface area contributed by atoms with E-state index in [0.29, 0.717) is 11.4 Å². The maximum atomic E-state index is 12.4. The van der Waals surface area contributed by atoms with Crippen molar-refractivity contribution in [1.29, 1.82) is 0 Å². The SMILES string of the molecule is Cc1cc(C)c(NS(=O)(=O)c2ccc(N=[N+]=[N-])cc2)c(C)c1. The number of aryl methyl sites for hydroxylation is 3. The van der Waals surface area contributed by atoms with Crippen LogP contribution in [0.3, 0.4) is 0 Å². The molecule has 0 atom stereocenters. The first kappa shape index (κ1) is 15.9. The number of rotatable bonds is 4. The third-order valence-corrected chi connectivity index (χ3v) is 4.59. The monoisotopic (exact) mass is 316 g/mol. The van der Waals surface area contributed by atoms with Crippen LogP contribution in [0.25, 0.3) is 10.4 Å². The Labute approximate surface area is 129 Å². The summed E-state index contributed by atoms with van der Waals surface area (Å²) >= 11 is 0. The molecule has 2 aromatic rings. The molecule has 2 aromatic carbocycles. The average molecular weight is 316 g/mol. The molecule has 0 aliphatic carbocycles. The van der Waals surface area contributed by atoms with E-state index < -0.39 is 10.0 Å².